The number of nitrogens with one attached hydrogen (secondary N) is 1. The first-order valence-electron chi connectivity index (χ1n) is 7.15. The Kier molecular flexibility index (Phi) is 3.64. The second-order valence-corrected chi connectivity index (χ2v) is 5.11. The molecule has 1 aliphatic rings. The highest BCUT2D eigenvalue weighted by Crippen LogP contribution is 2.17. The lowest BCUT2D eigenvalue weighted by molar-refractivity contribution is 0.164. The molecule has 1 unspecified atom stereocenters. The summed E-state index contributed by atoms with van der Waals surface area (Å²) < 4.78 is 1.78. The lowest BCUT2D eigenvalue weighted by Gasteiger charge is -2.35. The molecule has 0 amide bonds. The number of rotatable bonds is 4. The van der Waals surface area contributed by atoms with E-state index in [0.717, 1.165) is 24.6 Å². The summed E-state index contributed by atoms with van der Waals surface area (Å²) in [7, 11) is 0. The first-order valence-corrected chi connectivity index (χ1v) is 7.15. The minimum Gasteiger partial charge on any atom is -0.368 e. The molecule has 2 aromatic rings. The fourth-order valence-corrected chi connectivity index (χ4v) is 2.84. The van der Waals surface area contributed by atoms with Gasteiger partial charge in [0.05, 0.1) is 6.20 Å². The van der Waals surface area contributed by atoms with Gasteiger partial charge in [0.2, 0.25) is 0 Å². The van der Waals surface area contributed by atoms with Gasteiger partial charge in [-0.1, -0.05) is 13.3 Å². The molecular weight excluding hydrogens is 238 g/mol. The van der Waals surface area contributed by atoms with E-state index in [0.29, 0.717) is 6.04 Å². The third-order valence-corrected chi connectivity index (χ3v) is 3.93. The monoisotopic (exact) mass is 259 g/mol. The smallest absolute Gasteiger partial charge is 0.157 e. The van der Waals surface area contributed by atoms with Gasteiger partial charge in [-0.05, 0) is 32.0 Å². The predicted molar refractivity (Wildman–Crippen MR) is 76.4 cm³/mol. The van der Waals surface area contributed by atoms with Crippen molar-refractivity contribution in [3.05, 3.63) is 24.5 Å². The molecule has 0 bridgehead atoms. The Bertz CT molecular complexity index is 535. The van der Waals surface area contributed by atoms with Gasteiger partial charge in [0.25, 0.3) is 0 Å². The van der Waals surface area contributed by atoms with Crippen LogP contribution in [-0.4, -0.2) is 45.2 Å². The second kappa shape index (κ2) is 5.57. The van der Waals surface area contributed by atoms with Crippen molar-refractivity contribution in [1.82, 2.24) is 19.5 Å². The highest BCUT2D eigenvalue weighted by Gasteiger charge is 2.20. The number of piperidine rings is 1. The summed E-state index contributed by atoms with van der Waals surface area (Å²) in [6.45, 7) is 5.60. The Morgan fingerprint density at radius 1 is 1.37 bits per heavy atom. The quantitative estimate of drug-likeness (QED) is 0.912. The van der Waals surface area contributed by atoms with Gasteiger partial charge in [-0.2, -0.15) is 5.10 Å². The SMILES string of the molecule is CCN1CCCCC1CNc1ccn2nccc2n1. The molecule has 1 aliphatic heterocycles. The minimum absolute atomic E-state index is 0.640. The van der Waals surface area contributed by atoms with Crippen molar-refractivity contribution >= 4 is 11.5 Å². The average molecular weight is 259 g/mol. The maximum absolute atomic E-state index is 4.54. The maximum Gasteiger partial charge on any atom is 0.157 e. The molecule has 102 valence electrons. The van der Waals surface area contributed by atoms with Crippen LogP contribution in [0.3, 0.4) is 0 Å². The summed E-state index contributed by atoms with van der Waals surface area (Å²) in [5.74, 6) is 0.939. The van der Waals surface area contributed by atoms with E-state index in [1.165, 1.54) is 25.8 Å². The summed E-state index contributed by atoms with van der Waals surface area (Å²) >= 11 is 0. The van der Waals surface area contributed by atoms with Crippen LogP contribution in [0.15, 0.2) is 24.5 Å². The zero-order chi connectivity index (χ0) is 13.1. The Labute approximate surface area is 113 Å². The molecule has 0 spiro atoms. The molecule has 19 heavy (non-hydrogen) atoms. The number of likely N-dealkylation sites (tertiary alicyclic amines) is 1. The lowest BCUT2D eigenvalue weighted by atomic mass is 10.0. The van der Waals surface area contributed by atoms with Crippen molar-refractivity contribution in [1.29, 1.82) is 0 Å². The van der Waals surface area contributed by atoms with E-state index in [1.54, 1.807) is 10.7 Å². The van der Waals surface area contributed by atoms with Crippen molar-refractivity contribution < 1.29 is 0 Å². The fraction of sp³-hybridized carbons (Fsp3) is 0.571. The van der Waals surface area contributed by atoms with E-state index in [4.69, 9.17) is 0 Å². The molecule has 0 aromatic carbocycles. The van der Waals surface area contributed by atoms with E-state index >= 15 is 0 Å². The fourth-order valence-electron chi connectivity index (χ4n) is 2.84. The normalized spacial score (nSPS) is 20.8. The standard InChI is InChI=1S/C14H21N5/c1-2-18-9-4-3-5-12(18)11-15-13-7-10-19-14(17-13)6-8-16-19/h6-8,10,12H,2-5,9,11H2,1H3,(H,15,17). The molecule has 1 fully saturated rings. The zero-order valence-corrected chi connectivity index (χ0v) is 11.4. The Morgan fingerprint density at radius 2 is 2.32 bits per heavy atom. The summed E-state index contributed by atoms with van der Waals surface area (Å²) in [6, 6.07) is 4.55. The number of nitrogens with zero attached hydrogens (tertiary/aromatic N) is 4. The molecule has 5 nitrogen and oxygen atoms in total. The van der Waals surface area contributed by atoms with Gasteiger partial charge in [0.15, 0.2) is 5.65 Å². The molecule has 2 aromatic heterocycles. The van der Waals surface area contributed by atoms with Gasteiger partial charge in [-0.15, -0.1) is 0 Å². The molecule has 0 saturated carbocycles. The summed E-state index contributed by atoms with van der Waals surface area (Å²) in [5.41, 5.74) is 0.890. The van der Waals surface area contributed by atoms with Crippen LogP contribution < -0.4 is 5.32 Å². The zero-order valence-electron chi connectivity index (χ0n) is 11.4. The van der Waals surface area contributed by atoms with Gasteiger partial charge in [0.1, 0.15) is 5.82 Å². The molecule has 1 N–H and O–H groups in total. The van der Waals surface area contributed by atoms with E-state index in [1.807, 2.05) is 18.3 Å². The maximum atomic E-state index is 4.54. The predicted octanol–water partition coefficient (Wildman–Crippen LogP) is 2.02. The van der Waals surface area contributed by atoms with E-state index < -0.39 is 0 Å². The third-order valence-electron chi connectivity index (χ3n) is 3.93. The van der Waals surface area contributed by atoms with Gasteiger partial charge in [-0.3, -0.25) is 4.90 Å². The number of hydrogen-bond acceptors (Lipinski definition) is 4. The Morgan fingerprint density at radius 3 is 3.21 bits per heavy atom. The molecule has 5 heteroatoms. The van der Waals surface area contributed by atoms with Crippen molar-refractivity contribution in [2.24, 2.45) is 0 Å². The number of fused-ring (bicyclic) bond motifs is 1. The van der Waals surface area contributed by atoms with E-state index in [9.17, 15) is 0 Å². The summed E-state index contributed by atoms with van der Waals surface area (Å²) in [6.07, 6.45) is 7.69. The Hall–Kier alpha value is -1.62. The van der Waals surface area contributed by atoms with Gasteiger partial charge >= 0.3 is 0 Å². The summed E-state index contributed by atoms with van der Waals surface area (Å²) in [5, 5.41) is 7.62. The molecule has 1 saturated heterocycles. The Balaban J connectivity index is 1.64. The van der Waals surface area contributed by atoms with Crippen molar-refractivity contribution in [2.45, 2.75) is 32.2 Å². The van der Waals surface area contributed by atoms with Crippen LogP contribution in [0.25, 0.3) is 5.65 Å². The largest absolute Gasteiger partial charge is 0.368 e. The van der Waals surface area contributed by atoms with Crippen molar-refractivity contribution in [3.63, 3.8) is 0 Å². The molecule has 0 radical (unpaired) electrons. The number of likely N-dealkylation sites (N-methyl/N-ethyl adjacent to an activating group) is 1. The molecular formula is C14H21N5. The van der Waals surface area contributed by atoms with Gasteiger partial charge in [0, 0.05) is 24.8 Å². The minimum atomic E-state index is 0.640. The van der Waals surface area contributed by atoms with Crippen LogP contribution in [0, 0.1) is 0 Å². The van der Waals surface area contributed by atoms with Crippen LogP contribution in [-0.2, 0) is 0 Å². The van der Waals surface area contributed by atoms with Gasteiger partial charge in [-0.25, -0.2) is 9.50 Å². The van der Waals surface area contributed by atoms with Crippen LogP contribution in [0.5, 0.6) is 0 Å². The average Bonchev–Trinajstić information content (AvgIpc) is 2.93. The lowest BCUT2D eigenvalue weighted by Crippen LogP contribution is -2.43. The van der Waals surface area contributed by atoms with Crippen LogP contribution in [0.4, 0.5) is 5.82 Å². The summed E-state index contributed by atoms with van der Waals surface area (Å²) in [4.78, 5) is 7.10. The molecule has 1 atom stereocenters. The number of anilines is 1. The van der Waals surface area contributed by atoms with Crippen LogP contribution in [0.1, 0.15) is 26.2 Å². The van der Waals surface area contributed by atoms with Crippen LogP contribution in [0.2, 0.25) is 0 Å². The van der Waals surface area contributed by atoms with Gasteiger partial charge < -0.3 is 5.32 Å². The number of hydrogen-bond donors (Lipinski definition) is 1. The first-order chi connectivity index (χ1) is 9.36. The highest BCUT2D eigenvalue weighted by atomic mass is 15.2. The van der Waals surface area contributed by atoms with Crippen molar-refractivity contribution in [2.75, 3.05) is 25.0 Å². The highest BCUT2D eigenvalue weighted by molar-refractivity contribution is 5.45. The molecule has 3 heterocycles. The van der Waals surface area contributed by atoms with E-state index in [-0.39, 0.29) is 0 Å². The molecule has 3 rings (SSSR count). The van der Waals surface area contributed by atoms with E-state index in [2.05, 4.69) is 27.2 Å². The number of aromatic nitrogens is 3. The topological polar surface area (TPSA) is 45.5 Å². The molecule has 0 aliphatic carbocycles. The van der Waals surface area contributed by atoms with Crippen LogP contribution >= 0.6 is 0 Å². The second-order valence-electron chi connectivity index (χ2n) is 5.11. The third kappa shape index (κ3) is 2.71. The first kappa shape index (κ1) is 12.4. The van der Waals surface area contributed by atoms with Crippen molar-refractivity contribution in [3.8, 4) is 0 Å².